The van der Waals surface area contributed by atoms with Crippen LogP contribution >= 0.6 is 0 Å². The molecule has 2 rings (SSSR count). The summed E-state index contributed by atoms with van der Waals surface area (Å²) < 4.78 is 5.05. The molecule has 0 bridgehead atoms. The van der Waals surface area contributed by atoms with Crippen LogP contribution in [0, 0.1) is 0 Å². The first-order valence-electron chi connectivity index (χ1n) is 4.89. The van der Waals surface area contributed by atoms with E-state index in [2.05, 4.69) is 5.32 Å². The summed E-state index contributed by atoms with van der Waals surface area (Å²) in [6, 6.07) is 5.26. The van der Waals surface area contributed by atoms with E-state index in [9.17, 15) is 9.59 Å². The Balaban J connectivity index is 2.34. The zero-order chi connectivity index (χ0) is 11.7. The molecule has 1 atom stereocenters. The molecule has 1 heterocycles. The summed E-state index contributed by atoms with van der Waals surface area (Å²) in [5.74, 6) is -0.483. The molecule has 1 aliphatic heterocycles. The van der Waals surface area contributed by atoms with Crippen LogP contribution in [-0.2, 0) is 9.59 Å². The third kappa shape index (κ3) is 1.71. The number of carbonyl (C=O) groups excluding carboxylic acids is 2. The number of ether oxygens (including phenoxy) is 1. The molecule has 2 amide bonds. The minimum absolute atomic E-state index is 0.0329. The van der Waals surface area contributed by atoms with Crippen molar-refractivity contribution < 1.29 is 14.3 Å². The van der Waals surface area contributed by atoms with Gasteiger partial charge in [-0.05, 0) is 11.6 Å². The molecule has 1 aromatic rings. The van der Waals surface area contributed by atoms with Gasteiger partial charge in [0.15, 0.2) is 0 Å². The fraction of sp³-hybridized carbons (Fsp3) is 0.273. The molecule has 0 fully saturated rings. The lowest BCUT2D eigenvalue weighted by Crippen LogP contribution is -2.20. The van der Waals surface area contributed by atoms with Crippen molar-refractivity contribution in [2.24, 2.45) is 5.73 Å². The summed E-state index contributed by atoms with van der Waals surface area (Å²) in [6.07, 6.45) is 0.0329. The van der Waals surface area contributed by atoms with Crippen LogP contribution in [-0.4, -0.2) is 18.9 Å². The number of fused-ring (bicyclic) bond motifs is 1. The first-order valence-corrected chi connectivity index (χ1v) is 4.89. The Morgan fingerprint density at radius 2 is 2.31 bits per heavy atom. The van der Waals surface area contributed by atoms with Crippen LogP contribution in [0.15, 0.2) is 18.2 Å². The highest BCUT2D eigenvalue weighted by molar-refractivity contribution is 6.05. The normalized spacial score (nSPS) is 17.8. The van der Waals surface area contributed by atoms with E-state index in [0.717, 1.165) is 5.56 Å². The molecule has 1 aliphatic rings. The molecule has 84 valence electrons. The van der Waals surface area contributed by atoms with Gasteiger partial charge in [0.25, 0.3) is 0 Å². The molecule has 0 aromatic heterocycles. The van der Waals surface area contributed by atoms with Gasteiger partial charge < -0.3 is 15.8 Å². The lowest BCUT2D eigenvalue weighted by Gasteiger charge is -2.06. The summed E-state index contributed by atoms with van der Waals surface area (Å²) in [6.45, 7) is 0. The second-order valence-corrected chi connectivity index (χ2v) is 3.67. The van der Waals surface area contributed by atoms with Crippen molar-refractivity contribution in [2.75, 3.05) is 12.4 Å². The van der Waals surface area contributed by atoms with Crippen LogP contribution in [0.5, 0.6) is 5.75 Å². The van der Waals surface area contributed by atoms with E-state index < -0.39 is 11.8 Å². The third-order valence-corrected chi connectivity index (χ3v) is 2.62. The SMILES string of the molecule is COc1ccc2c(c1)NC(=O)C2CC(N)=O. The molecule has 5 nitrogen and oxygen atoms in total. The number of carbonyl (C=O) groups is 2. The van der Waals surface area contributed by atoms with E-state index in [1.54, 1.807) is 25.3 Å². The van der Waals surface area contributed by atoms with Crippen molar-refractivity contribution in [1.82, 2.24) is 0 Å². The van der Waals surface area contributed by atoms with Gasteiger partial charge in [-0.2, -0.15) is 0 Å². The molecule has 0 spiro atoms. The molecule has 0 saturated heterocycles. The van der Waals surface area contributed by atoms with E-state index in [-0.39, 0.29) is 12.3 Å². The van der Waals surface area contributed by atoms with Gasteiger partial charge in [-0.25, -0.2) is 0 Å². The lowest BCUT2D eigenvalue weighted by molar-refractivity contribution is -0.123. The average molecular weight is 220 g/mol. The highest BCUT2D eigenvalue weighted by Crippen LogP contribution is 2.36. The zero-order valence-electron chi connectivity index (χ0n) is 8.82. The van der Waals surface area contributed by atoms with Crippen LogP contribution in [0.2, 0.25) is 0 Å². The Morgan fingerprint density at radius 1 is 1.56 bits per heavy atom. The molecule has 5 heteroatoms. The smallest absolute Gasteiger partial charge is 0.232 e. The Hall–Kier alpha value is -2.04. The van der Waals surface area contributed by atoms with Crippen molar-refractivity contribution in [3.63, 3.8) is 0 Å². The van der Waals surface area contributed by atoms with Gasteiger partial charge in [-0.15, -0.1) is 0 Å². The number of hydrogen-bond donors (Lipinski definition) is 2. The maximum Gasteiger partial charge on any atom is 0.232 e. The fourth-order valence-corrected chi connectivity index (χ4v) is 1.84. The molecule has 0 radical (unpaired) electrons. The van der Waals surface area contributed by atoms with Crippen LogP contribution in [0.1, 0.15) is 17.9 Å². The maximum absolute atomic E-state index is 11.6. The number of nitrogens with one attached hydrogen (secondary N) is 1. The highest BCUT2D eigenvalue weighted by Gasteiger charge is 2.31. The van der Waals surface area contributed by atoms with Gasteiger partial charge in [0.2, 0.25) is 11.8 Å². The minimum Gasteiger partial charge on any atom is -0.497 e. The number of methoxy groups -OCH3 is 1. The number of anilines is 1. The molecule has 16 heavy (non-hydrogen) atoms. The van der Waals surface area contributed by atoms with Crippen molar-refractivity contribution >= 4 is 17.5 Å². The summed E-state index contributed by atoms with van der Waals surface area (Å²) in [5.41, 5.74) is 6.59. The van der Waals surface area contributed by atoms with E-state index in [0.29, 0.717) is 11.4 Å². The monoisotopic (exact) mass is 220 g/mol. The summed E-state index contributed by atoms with van der Waals surface area (Å²) in [4.78, 5) is 22.5. The maximum atomic E-state index is 11.6. The Kier molecular flexibility index (Phi) is 2.52. The number of rotatable bonds is 3. The Labute approximate surface area is 92.6 Å². The number of amides is 2. The number of hydrogen-bond acceptors (Lipinski definition) is 3. The molecule has 0 saturated carbocycles. The van der Waals surface area contributed by atoms with Crippen LogP contribution in [0.25, 0.3) is 0 Å². The van der Waals surface area contributed by atoms with Gasteiger partial charge in [-0.3, -0.25) is 9.59 Å². The zero-order valence-corrected chi connectivity index (χ0v) is 8.82. The van der Waals surface area contributed by atoms with Crippen LogP contribution in [0.4, 0.5) is 5.69 Å². The van der Waals surface area contributed by atoms with E-state index in [1.165, 1.54) is 0 Å². The molecule has 1 unspecified atom stereocenters. The predicted molar refractivity (Wildman–Crippen MR) is 58.2 cm³/mol. The second kappa shape index (κ2) is 3.84. The standard InChI is InChI=1S/C11H12N2O3/c1-16-6-2-3-7-8(5-10(12)14)11(15)13-9(7)4-6/h2-4,8H,5H2,1H3,(H2,12,14)(H,13,15). The molecular formula is C11H12N2O3. The van der Waals surface area contributed by atoms with E-state index in [4.69, 9.17) is 10.5 Å². The third-order valence-electron chi connectivity index (χ3n) is 2.62. The summed E-state index contributed by atoms with van der Waals surface area (Å²) >= 11 is 0. The average Bonchev–Trinajstić information content (AvgIpc) is 2.54. The first kappa shape index (κ1) is 10.5. The fourth-order valence-electron chi connectivity index (χ4n) is 1.84. The largest absolute Gasteiger partial charge is 0.497 e. The van der Waals surface area contributed by atoms with E-state index in [1.807, 2.05) is 0 Å². The predicted octanol–water partition coefficient (Wildman–Crippen LogP) is 0.606. The van der Waals surface area contributed by atoms with Gasteiger partial charge in [0.1, 0.15) is 5.75 Å². The van der Waals surface area contributed by atoms with Crippen molar-refractivity contribution in [3.05, 3.63) is 23.8 Å². The minimum atomic E-state index is -0.483. The first-order chi connectivity index (χ1) is 7.61. The molecule has 1 aromatic carbocycles. The van der Waals surface area contributed by atoms with Gasteiger partial charge in [0, 0.05) is 18.2 Å². The lowest BCUT2D eigenvalue weighted by atomic mass is 9.97. The summed E-state index contributed by atoms with van der Waals surface area (Å²) in [5, 5.41) is 2.70. The second-order valence-electron chi connectivity index (χ2n) is 3.67. The summed E-state index contributed by atoms with van der Waals surface area (Å²) in [7, 11) is 1.55. The van der Waals surface area contributed by atoms with Crippen molar-refractivity contribution in [1.29, 1.82) is 0 Å². The molecule has 3 N–H and O–H groups in total. The molecule has 0 aliphatic carbocycles. The number of primary amides is 1. The van der Waals surface area contributed by atoms with Crippen molar-refractivity contribution in [3.8, 4) is 5.75 Å². The number of benzene rings is 1. The van der Waals surface area contributed by atoms with Gasteiger partial charge in [-0.1, -0.05) is 6.07 Å². The van der Waals surface area contributed by atoms with Crippen molar-refractivity contribution in [2.45, 2.75) is 12.3 Å². The van der Waals surface area contributed by atoms with E-state index >= 15 is 0 Å². The molecular weight excluding hydrogens is 208 g/mol. The van der Waals surface area contributed by atoms with Crippen LogP contribution < -0.4 is 15.8 Å². The quantitative estimate of drug-likeness (QED) is 0.782. The Morgan fingerprint density at radius 3 is 2.94 bits per heavy atom. The van der Waals surface area contributed by atoms with Crippen LogP contribution in [0.3, 0.4) is 0 Å². The number of nitrogens with two attached hydrogens (primary N) is 1. The Bertz CT molecular complexity index is 457. The van der Waals surface area contributed by atoms with Gasteiger partial charge in [0.05, 0.1) is 13.0 Å². The highest BCUT2D eigenvalue weighted by atomic mass is 16.5. The van der Waals surface area contributed by atoms with Gasteiger partial charge >= 0.3 is 0 Å². The topological polar surface area (TPSA) is 81.4 Å².